The van der Waals surface area contributed by atoms with Gasteiger partial charge in [0.05, 0.1) is 29.6 Å². The first-order valence-electron chi connectivity index (χ1n) is 6.28. The van der Waals surface area contributed by atoms with E-state index in [0.717, 1.165) is 10.6 Å². The van der Waals surface area contributed by atoms with Gasteiger partial charge in [-0.2, -0.15) is 0 Å². The Morgan fingerprint density at radius 1 is 1.45 bits per heavy atom. The van der Waals surface area contributed by atoms with E-state index in [2.05, 4.69) is 20.3 Å². The van der Waals surface area contributed by atoms with E-state index in [1.54, 1.807) is 5.51 Å². The van der Waals surface area contributed by atoms with Gasteiger partial charge in [0.2, 0.25) is 0 Å². The second-order valence-electron chi connectivity index (χ2n) is 4.73. The van der Waals surface area contributed by atoms with E-state index in [1.807, 2.05) is 20.8 Å². The largest absolute Gasteiger partial charge is 0.396 e. The van der Waals surface area contributed by atoms with Crippen molar-refractivity contribution in [2.45, 2.75) is 33.2 Å². The van der Waals surface area contributed by atoms with Crippen molar-refractivity contribution in [1.29, 1.82) is 0 Å². The highest BCUT2D eigenvalue weighted by Gasteiger charge is 2.15. The number of hydrogen-bond acceptors (Lipinski definition) is 6. The first-order chi connectivity index (χ1) is 9.49. The van der Waals surface area contributed by atoms with Crippen LogP contribution < -0.4 is 11.1 Å². The molecule has 0 aliphatic heterocycles. The van der Waals surface area contributed by atoms with E-state index in [0.29, 0.717) is 12.4 Å². The Balaban J connectivity index is 2.13. The van der Waals surface area contributed by atoms with Gasteiger partial charge in [0.25, 0.3) is 5.91 Å². The summed E-state index contributed by atoms with van der Waals surface area (Å²) in [5.74, 6) is 0.462. The summed E-state index contributed by atoms with van der Waals surface area (Å²) in [7, 11) is 0. The maximum absolute atomic E-state index is 12.1. The maximum Gasteiger partial charge on any atom is 0.272 e. The number of nitrogens with one attached hydrogen (secondary N) is 1. The van der Waals surface area contributed by atoms with Crippen LogP contribution in [0, 0.1) is 6.92 Å². The summed E-state index contributed by atoms with van der Waals surface area (Å²) in [5, 5.41) is 2.81. The molecule has 3 N–H and O–H groups in total. The molecular formula is C13H17N5OS. The van der Waals surface area contributed by atoms with E-state index in [4.69, 9.17) is 5.73 Å². The molecule has 106 valence electrons. The number of nitrogens with two attached hydrogens (primary N) is 1. The molecular weight excluding hydrogens is 274 g/mol. The lowest BCUT2D eigenvalue weighted by Gasteiger charge is -2.09. The number of amides is 1. The summed E-state index contributed by atoms with van der Waals surface area (Å²) in [6.45, 7) is 6.27. The number of aryl methyl sites for hydroxylation is 1. The predicted molar refractivity (Wildman–Crippen MR) is 78.6 cm³/mol. The molecule has 6 nitrogen and oxygen atoms in total. The lowest BCUT2D eigenvalue weighted by Crippen LogP contribution is -2.25. The first kappa shape index (κ1) is 14.4. The third-order valence-corrected chi connectivity index (χ3v) is 3.76. The molecule has 7 heteroatoms. The van der Waals surface area contributed by atoms with Crippen LogP contribution in [-0.4, -0.2) is 20.9 Å². The number of nitrogen functional groups attached to an aromatic ring is 1. The average molecular weight is 291 g/mol. The van der Waals surface area contributed by atoms with Crippen molar-refractivity contribution < 1.29 is 4.79 Å². The molecule has 2 aromatic heterocycles. The molecule has 0 saturated carbocycles. The lowest BCUT2D eigenvalue weighted by atomic mass is 10.2. The number of nitrogens with zero attached hydrogens (tertiary/aromatic N) is 3. The molecule has 0 aromatic carbocycles. The molecule has 0 radical (unpaired) electrons. The Hall–Kier alpha value is -2.02. The molecule has 0 bridgehead atoms. The van der Waals surface area contributed by atoms with Gasteiger partial charge in [-0.05, 0) is 6.92 Å². The number of hydrogen-bond donors (Lipinski definition) is 2. The molecule has 0 atom stereocenters. The zero-order valence-electron chi connectivity index (χ0n) is 11.7. The quantitative estimate of drug-likeness (QED) is 0.897. The zero-order chi connectivity index (χ0) is 14.7. The van der Waals surface area contributed by atoms with Crippen LogP contribution in [0.2, 0.25) is 0 Å². The van der Waals surface area contributed by atoms with Crippen LogP contribution in [-0.2, 0) is 6.54 Å². The number of thiazole rings is 1. The maximum atomic E-state index is 12.1. The molecule has 1 amide bonds. The highest BCUT2D eigenvalue weighted by Crippen LogP contribution is 2.15. The van der Waals surface area contributed by atoms with Gasteiger partial charge in [-0.25, -0.2) is 15.0 Å². The Labute approximate surface area is 121 Å². The van der Waals surface area contributed by atoms with Crippen LogP contribution >= 0.6 is 11.3 Å². The van der Waals surface area contributed by atoms with E-state index in [9.17, 15) is 4.79 Å². The fourth-order valence-corrected chi connectivity index (χ4v) is 2.32. The lowest BCUT2D eigenvalue weighted by molar-refractivity contribution is 0.0946. The molecule has 0 fully saturated rings. The standard InChI is InChI=1S/C13H17N5OS/c1-7(2)12-15-4-9(14)11(18-12)13(19)16-5-10-8(3)17-6-20-10/h4,6-7H,5,14H2,1-3H3,(H,16,19). The van der Waals surface area contributed by atoms with Crippen LogP contribution in [0.3, 0.4) is 0 Å². The van der Waals surface area contributed by atoms with Crippen LogP contribution in [0.15, 0.2) is 11.7 Å². The van der Waals surface area contributed by atoms with Gasteiger partial charge in [0.1, 0.15) is 5.82 Å². The molecule has 0 unspecified atom stereocenters. The molecule has 0 aliphatic carbocycles. The number of aromatic nitrogens is 3. The van der Waals surface area contributed by atoms with Gasteiger partial charge in [-0.3, -0.25) is 4.79 Å². The number of anilines is 1. The van der Waals surface area contributed by atoms with E-state index < -0.39 is 0 Å². The van der Waals surface area contributed by atoms with E-state index in [1.165, 1.54) is 17.5 Å². The molecule has 0 aliphatic rings. The predicted octanol–water partition coefficient (Wildman–Crippen LogP) is 1.88. The van der Waals surface area contributed by atoms with Crippen molar-refractivity contribution in [2.24, 2.45) is 0 Å². The van der Waals surface area contributed by atoms with Crippen molar-refractivity contribution >= 4 is 22.9 Å². The zero-order valence-corrected chi connectivity index (χ0v) is 12.5. The fourth-order valence-electron chi connectivity index (χ4n) is 1.60. The van der Waals surface area contributed by atoms with Crippen LogP contribution in [0.25, 0.3) is 0 Å². The number of carbonyl (C=O) groups is 1. The van der Waals surface area contributed by atoms with Gasteiger partial charge < -0.3 is 11.1 Å². The van der Waals surface area contributed by atoms with Gasteiger partial charge in [-0.1, -0.05) is 13.8 Å². The van der Waals surface area contributed by atoms with Gasteiger partial charge in [0, 0.05) is 10.8 Å². The van der Waals surface area contributed by atoms with Crippen LogP contribution in [0.1, 0.15) is 46.6 Å². The number of carbonyl (C=O) groups excluding carboxylic acids is 1. The summed E-state index contributed by atoms with van der Waals surface area (Å²) in [5.41, 5.74) is 8.97. The summed E-state index contributed by atoms with van der Waals surface area (Å²) in [6, 6.07) is 0. The van der Waals surface area contributed by atoms with Gasteiger partial charge in [-0.15, -0.1) is 11.3 Å². The van der Waals surface area contributed by atoms with Crippen LogP contribution in [0.5, 0.6) is 0 Å². The molecule has 0 saturated heterocycles. The molecule has 2 aromatic rings. The van der Waals surface area contributed by atoms with Crippen molar-refractivity contribution in [1.82, 2.24) is 20.3 Å². The SMILES string of the molecule is Cc1ncsc1CNC(=O)c1nc(C(C)C)ncc1N. The second-order valence-corrected chi connectivity index (χ2v) is 5.67. The van der Waals surface area contributed by atoms with Crippen molar-refractivity contribution in [3.63, 3.8) is 0 Å². The normalized spacial score (nSPS) is 10.8. The van der Waals surface area contributed by atoms with Crippen molar-refractivity contribution in [3.05, 3.63) is 33.8 Å². The Morgan fingerprint density at radius 3 is 2.80 bits per heavy atom. The third-order valence-electron chi connectivity index (χ3n) is 2.82. The Bertz CT molecular complexity index is 623. The smallest absolute Gasteiger partial charge is 0.272 e. The van der Waals surface area contributed by atoms with E-state index in [-0.39, 0.29) is 23.2 Å². The monoisotopic (exact) mass is 291 g/mol. The first-order valence-corrected chi connectivity index (χ1v) is 7.16. The summed E-state index contributed by atoms with van der Waals surface area (Å²) >= 11 is 1.51. The topological polar surface area (TPSA) is 93.8 Å². The highest BCUT2D eigenvalue weighted by atomic mass is 32.1. The Morgan fingerprint density at radius 2 is 2.20 bits per heavy atom. The average Bonchev–Trinajstić information content (AvgIpc) is 2.81. The highest BCUT2D eigenvalue weighted by molar-refractivity contribution is 7.09. The van der Waals surface area contributed by atoms with Gasteiger partial charge in [0.15, 0.2) is 5.69 Å². The van der Waals surface area contributed by atoms with E-state index >= 15 is 0 Å². The Kier molecular flexibility index (Phi) is 4.29. The third kappa shape index (κ3) is 3.11. The molecule has 20 heavy (non-hydrogen) atoms. The molecule has 2 rings (SSSR count). The fraction of sp³-hybridized carbons (Fsp3) is 0.385. The van der Waals surface area contributed by atoms with Crippen molar-refractivity contribution in [3.8, 4) is 0 Å². The minimum Gasteiger partial charge on any atom is -0.396 e. The minimum absolute atomic E-state index is 0.144. The summed E-state index contributed by atoms with van der Waals surface area (Å²) in [6.07, 6.45) is 1.48. The number of rotatable bonds is 4. The minimum atomic E-state index is -0.292. The molecule has 2 heterocycles. The van der Waals surface area contributed by atoms with Crippen LogP contribution in [0.4, 0.5) is 5.69 Å². The summed E-state index contributed by atoms with van der Waals surface area (Å²) < 4.78 is 0. The summed E-state index contributed by atoms with van der Waals surface area (Å²) in [4.78, 5) is 25.7. The second kappa shape index (κ2) is 5.96. The molecule has 0 spiro atoms. The van der Waals surface area contributed by atoms with Gasteiger partial charge >= 0.3 is 0 Å². The van der Waals surface area contributed by atoms with Crippen molar-refractivity contribution in [2.75, 3.05) is 5.73 Å².